The quantitative estimate of drug-likeness (QED) is 0.713. The molecule has 6 nitrogen and oxygen atoms in total. The second kappa shape index (κ2) is 6.47. The average molecular weight is 371 g/mol. The molecule has 6 heteroatoms. The van der Waals surface area contributed by atoms with Crippen LogP contribution in [-0.4, -0.2) is 38.8 Å². The fourth-order valence-corrected chi connectivity index (χ4v) is 4.43. The molecule has 1 aromatic carbocycles. The van der Waals surface area contributed by atoms with Crippen LogP contribution in [0.15, 0.2) is 48.8 Å². The van der Waals surface area contributed by atoms with E-state index in [0.717, 1.165) is 38.9 Å². The summed E-state index contributed by atoms with van der Waals surface area (Å²) in [5, 5.41) is 12.8. The Morgan fingerprint density at radius 1 is 1.11 bits per heavy atom. The van der Waals surface area contributed by atoms with E-state index in [-0.39, 0.29) is 11.4 Å². The van der Waals surface area contributed by atoms with Crippen molar-refractivity contribution in [3.05, 3.63) is 71.2 Å². The maximum absolute atomic E-state index is 13.0. The van der Waals surface area contributed by atoms with Crippen molar-refractivity contribution < 1.29 is 4.79 Å². The zero-order chi connectivity index (χ0) is 19.1. The van der Waals surface area contributed by atoms with Crippen LogP contribution < -0.4 is 5.32 Å². The molecule has 2 aliphatic heterocycles. The van der Waals surface area contributed by atoms with Crippen LogP contribution in [-0.2, 0) is 13.0 Å². The van der Waals surface area contributed by atoms with Gasteiger partial charge in [-0.15, -0.1) is 0 Å². The average Bonchev–Trinajstić information content (AvgIpc) is 3.17. The minimum atomic E-state index is -0.0340. The van der Waals surface area contributed by atoms with Gasteiger partial charge in [-0.3, -0.25) is 4.79 Å². The number of nitrogens with one attached hydrogen (secondary N) is 1. The molecular formula is C22H21N5O. The summed E-state index contributed by atoms with van der Waals surface area (Å²) >= 11 is 0. The largest absolute Gasteiger partial charge is 0.337 e. The Balaban J connectivity index is 1.31. The first-order valence-corrected chi connectivity index (χ1v) is 9.66. The summed E-state index contributed by atoms with van der Waals surface area (Å²) in [6.45, 7) is 2.36. The number of nitriles is 1. The molecular weight excluding hydrogens is 350 g/mol. The summed E-state index contributed by atoms with van der Waals surface area (Å²) < 4.78 is 1.75. The van der Waals surface area contributed by atoms with Crippen LogP contribution in [0.25, 0.3) is 5.65 Å². The second-order valence-corrected chi connectivity index (χ2v) is 7.79. The molecule has 0 bridgehead atoms. The number of rotatable bonds is 1. The summed E-state index contributed by atoms with van der Waals surface area (Å²) in [6, 6.07) is 14.2. The van der Waals surface area contributed by atoms with Gasteiger partial charge in [-0.05, 0) is 42.5 Å². The summed E-state index contributed by atoms with van der Waals surface area (Å²) in [4.78, 5) is 19.3. The van der Waals surface area contributed by atoms with Crippen LogP contribution in [0.1, 0.15) is 40.0 Å². The second-order valence-electron chi connectivity index (χ2n) is 7.79. The number of pyridine rings is 1. The molecule has 5 rings (SSSR count). The highest BCUT2D eigenvalue weighted by atomic mass is 16.2. The Hall–Kier alpha value is -3.17. The van der Waals surface area contributed by atoms with Gasteiger partial charge in [0.2, 0.25) is 0 Å². The molecule has 3 aromatic rings. The lowest BCUT2D eigenvalue weighted by molar-refractivity contribution is 0.0626. The highest BCUT2D eigenvalue weighted by molar-refractivity contribution is 5.93. The van der Waals surface area contributed by atoms with Crippen LogP contribution in [0.2, 0.25) is 0 Å². The van der Waals surface area contributed by atoms with E-state index < -0.39 is 0 Å². The Labute approximate surface area is 163 Å². The maximum atomic E-state index is 13.0. The number of hydrogen-bond donors (Lipinski definition) is 1. The van der Waals surface area contributed by atoms with E-state index in [9.17, 15) is 4.79 Å². The molecule has 0 unspecified atom stereocenters. The smallest absolute Gasteiger partial charge is 0.274 e. The van der Waals surface area contributed by atoms with Crippen LogP contribution >= 0.6 is 0 Å². The number of piperidine rings is 1. The van der Waals surface area contributed by atoms with E-state index in [0.29, 0.717) is 16.9 Å². The highest BCUT2D eigenvalue weighted by Crippen LogP contribution is 2.32. The molecule has 1 saturated heterocycles. The fraction of sp³-hybridized carbons (Fsp3) is 0.318. The molecule has 2 aliphatic rings. The topological polar surface area (TPSA) is 73.4 Å². The number of carbonyl (C=O) groups excluding carboxylic acids is 1. The van der Waals surface area contributed by atoms with Crippen molar-refractivity contribution >= 4 is 11.6 Å². The van der Waals surface area contributed by atoms with Gasteiger partial charge in [0.1, 0.15) is 17.4 Å². The first-order valence-electron chi connectivity index (χ1n) is 9.66. The van der Waals surface area contributed by atoms with Gasteiger partial charge in [0.15, 0.2) is 0 Å². The van der Waals surface area contributed by atoms with E-state index in [1.165, 1.54) is 11.1 Å². The molecule has 140 valence electrons. The Kier molecular flexibility index (Phi) is 3.92. The molecule has 28 heavy (non-hydrogen) atoms. The monoisotopic (exact) mass is 371 g/mol. The molecule has 4 heterocycles. The van der Waals surface area contributed by atoms with Gasteiger partial charge < -0.3 is 14.6 Å². The molecule has 0 aliphatic carbocycles. The lowest BCUT2D eigenvalue weighted by Gasteiger charge is -2.45. The van der Waals surface area contributed by atoms with Crippen molar-refractivity contribution in [1.82, 2.24) is 19.6 Å². The first-order chi connectivity index (χ1) is 13.7. The predicted molar refractivity (Wildman–Crippen MR) is 105 cm³/mol. The Morgan fingerprint density at radius 3 is 2.68 bits per heavy atom. The molecule has 0 atom stereocenters. The molecule has 1 N–H and O–H groups in total. The van der Waals surface area contributed by atoms with Crippen molar-refractivity contribution in [2.24, 2.45) is 0 Å². The third kappa shape index (κ3) is 2.85. The van der Waals surface area contributed by atoms with E-state index in [1.54, 1.807) is 28.9 Å². The minimum absolute atomic E-state index is 0.0340. The molecule has 1 spiro atoms. The van der Waals surface area contributed by atoms with Gasteiger partial charge in [-0.1, -0.05) is 24.3 Å². The van der Waals surface area contributed by atoms with Crippen molar-refractivity contribution in [1.29, 1.82) is 5.26 Å². The molecule has 1 amide bonds. The number of benzene rings is 1. The van der Waals surface area contributed by atoms with Crippen molar-refractivity contribution in [3.8, 4) is 6.07 Å². The molecule has 0 radical (unpaired) electrons. The van der Waals surface area contributed by atoms with Gasteiger partial charge in [0.05, 0.1) is 5.56 Å². The predicted octanol–water partition coefficient (Wildman–Crippen LogP) is 2.53. The van der Waals surface area contributed by atoms with Crippen molar-refractivity contribution in [2.45, 2.75) is 31.3 Å². The first kappa shape index (κ1) is 17.0. The zero-order valence-electron chi connectivity index (χ0n) is 15.6. The number of aromatic nitrogens is 2. The normalized spacial score (nSPS) is 18.0. The number of imidazole rings is 1. The van der Waals surface area contributed by atoms with E-state index in [1.807, 2.05) is 4.90 Å². The highest BCUT2D eigenvalue weighted by Gasteiger charge is 2.38. The molecule has 0 saturated carbocycles. The lowest BCUT2D eigenvalue weighted by atomic mass is 9.78. The number of fused-ring (bicyclic) bond motifs is 2. The Morgan fingerprint density at radius 2 is 1.89 bits per heavy atom. The van der Waals surface area contributed by atoms with E-state index in [4.69, 9.17) is 5.26 Å². The SMILES string of the molecule is N#Cc1ccc2nc(C(=O)N3CCC4(CC3)Cc3ccccc3CN4)cn2c1. The Bertz CT molecular complexity index is 1100. The standard InChI is InChI=1S/C22H21N5O/c23-12-16-5-6-20-25-19(15-27(20)14-16)21(28)26-9-7-22(8-10-26)11-17-3-1-2-4-18(17)13-24-22/h1-6,14-15,24H,7-11,13H2. The van der Waals surface area contributed by atoms with Crippen LogP contribution in [0, 0.1) is 11.3 Å². The van der Waals surface area contributed by atoms with Gasteiger partial charge in [0, 0.05) is 37.6 Å². The fourth-order valence-electron chi connectivity index (χ4n) is 4.43. The number of carbonyl (C=O) groups is 1. The lowest BCUT2D eigenvalue weighted by Crippen LogP contribution is -2.57. The van der Waals surface area contributed by atoms with Crippen LogP contribution in [0.3, 0.4) is 0 Å². The number of hydrogen-bond acceptors (Lipinski definition) is 4. The van der Waals surface area contributed by atoms with E-state index >= 15 is 0 Å². The van der Waals surface area contributed by atoms with Gasteiger partial charge in [-0.2, -0.15) is 5.26 Å². The van der Waals surface area contributed by atoms with Crippen molar-refractivity contribution in [2.75, 3.05) is 13.1 Å². The number of likely N-dealkylation sites (tertiary alicyclic amines) is 1. The number of amides is 1. The van der Waals surface area contributed by atoms with Gasteiger partial charge in [0.25, 0.3) is 5.91 Å². The third-order valence-electron chi connectivity index (χ3n) is 6.11. The summed E-state index contributed by atoms with van der Waals surface area (Å²) in [6.07, 6.45) is 6.33. The van der Waals surface area contributed by atoms with Crippen molar-refractivity contribution in [3.63, 3.8) is 0 Å². The van der Waals surface area contributed by atoms with E-state index in [2.05, 4.69) is 40.6 Å². The summed E-state index contributed by atoms with van der Waals surface area (Å²) in [5.74, 6) is -0.0340. The maximum Gasteiger partial charge on any atom is 0.274 e. The van der Waals surface area contributed by atoms with Crippen LogP contribution in [0.5, 0.6) is 0 Å². The molecule has 1 fully saturated rings. The summed E-state index contributed by atoms with van der Waals surface area (Å²) in [5.41, 5.74) is 4.57. The summed E-state index contributed by atoms with van der Waals surface area (Å²) in [7, 11) is 0. The van der Waals surface area contributed by atoms with Gasteiger partial charge >= 0.3 is 0 Å². The minimum Gasteiger partial charge on any atom is -0.337 e. The van der Waals surface area contributed by atoms with Crippen LogP contribution in [0.4, 0.5) is 0 Å². The zero-order valence-corrected chi connectivity index (χ0v) is 15.6. The third-order valence-corrected chi connectivity index (χ3v) is 6.11. The number of nitrogens with zero attached hydrogens (tertiary/aromatic N) is 4. The van der Waals surface area contributed by atoms with Gasteiger partial charge in [-0.25, -0.2) is 4.98 Å². The molecule has 2 aromatic heterocycles.